The third-order valence-electron chi connectivity index (χ3n) is 6.46. The van der Waals surface area contributed by atoms with E-state index in [1.807, 2.05) is 31.3 Å². The standard InChI is InChI=1S/C24H29N5O4/c1-17-12-19(4-7-25-17)28-8-5-24(6-9-28)16-29(10-11-32-24)23-26-22(27-33-23)18-13-20(30-2)15-21(14-18)31-3/h4,7,12-15H,5-6,8-11,16H2,1-3H3. The third-order valence-corrected chi connectivity index (χ3v) is 6.46. The number of morpholine rings is 1. The van der Waals surface area contributed by atoms with E-state index in [0.29, 0.717) is 29.9 Å². The van der Waals surface area contributed by atoms with Crippen molar-refractivity contribution in [3.8, 4) is 22.9 Å². The topological polar surface area (TPSA) is 86.0 Å². The normalized spacial score (nSPS) is 17.9. The molecule has 2 aliphatic heterocycles. The van der Waals surface area contributed by atoms with Gasteiger partial charge in [-0.05, 0) is 44.0 Å². The van der Waals surface area contributed by atoms with E-state index in [4.69, 9.17) is 18.7 Å². The summed E-state index contributed by atoms with van der Waals surface area (Å²) < 4.78 is 22.7. The molecule has 4 heterocycles. The maximum absolute atomic E-state index is 6.31. The van der Waals surface area contributed by atoms with Crippen molar-refractivity contribution >= 4 is 11.7 Å². The van der Waals surface area contributed by atoms with E-state index < -0.39 is 0 Å². The van der Waals surface area contributed by atoms with Crippen LogP contribution in [-0.4, -0.2) is 67.7 Å². The molecule has 9 nitrogen and oxygen atoms in total. The summed E-state index contributed by atoms with van der Waals surface area (Å²) in [6.07, 6.45) is 3.76. The number of benzene rings is 1. The maximum atomic E-state index is 6.31. The molecule has 0 saturated carbocycles. The monoisotopic (exact) mass is 451 g/mol. The minimum absolute atomic E-state index is 0.204. The second-order valence-electron chi connectivity index (χ2n) is 8.60. The Labute approximate surface area is 193 Å². The molecule has 3 aromatic rings. The largest absolute Gasteiger partial charge is 0.497 e. The summed E-state index contributed by atoms with van der Waals surface area (Å²) in [5.41, 5.74) is 2.84. The number of anilines is 2. The van der Waals surface area contributed by atoms with E-state index in [-0.39, 0.29) is 5.60 Å². The van der Waals surface area contributed by atoms with Gasteiger partial charge in [0, 0.05) is 48.8 Å². The zero-order valence-electron chi connectivity index (χ0n) is 19.3. The van der Waals surface area contributed by atoms with Crippen molar-refractivity contribution in [2.45, 2.75) is 25.4 Å². The molecule has 0 aliphatic carbocycles. The smallest absolute Gasteiger partial charge is 0.324 e. The number of nitrogens with zero attached hydrogens (tertiary/aromatic N) is 5. The molecule has 0 unspecified atom stereocenters. The molecule has 0 bridgehead atoms. The fraction of sp³-hybridized carbons (Fsp3) is 0.458. The summed E-state index contributed by atoms with van der Waals surface area (Å²) in [4.78, 5) is 13.5. The van der Waals surface area contributed by atoms with Gasteiger partial charge in [-0.3, -0.25) is 4.98 Å². The van der Waals surface area contributed by atoms with Crippen LogP contribution in [0, 0.1) is 6.92 Å². The molecule has 5 rings (SSSR count). The van der Waals surface area contributed by atoms with Gasteiger partial charge in [0.1, 0.15) is 11.5 Å². The molecule has 174 valence electrons. The molecule has 0 radical (unpaired) electrons. The number of methoxy groups -OCH3 is 2. The maximum Gasteiger partial charge on any atom is 0.324 e. The lowest BCUT2D eigenvalue weighted by Gasteiger charge is -2.47. The first-order valence-electron chi connectivity index (χ1n) is 11.2. The van der Waals surface area contributed by atoms with Gasteiger partial charge in [-0.2, -0.15) is 4.98 Å². The number of aryl methyl sites for hydroxylation is 1. The van der Waals surface area contributed by atoms with Crippen LogP contribution in [0.4, 0.5) is 11.7 Å². The van der Waals surface area contributed by atoms with Crippen LogP contribution in [0.5, 0.6) is 11.5 Å². The Morgan fingerprint density at radius 1 is 0.970 bits per heavy atom. The van der Waals surface area contributed by atoms with Crippen LogP contribution in [0.1, 0.15) is 18.5 Å². The Bertz CT molecular complexity index is 1090. The SMILES string of the molecule is COc1cc(OC)cc(-c2noc(N3CCOC4(CCN(c5ccnc(C)c5)CC4)C3)n2)c1. The number of rotatable bonds is 5. The van der Waals surface area contributed by atoms with Gasteiger partial charge in [-0.15, -0.1) is 0 Å². The molecule has 1 aromatic carbocycles. The van der Waals surface area contributed by atoms with E-state index in [0.717, 1.165) is 50.3 Å². The molecule has 33 heavy (non-hydrogen) atoms. The van der Waals surface area contributed by atoms with Crippen molar-refractivity contribution in [2.75, 3.05) is 56.8 Å². The minimum Gasteiger partial charge on any atom is -0.497 e. The van der Waals surface area contributed by atoms with Gasteiger partial charge in [-0.1, -0.05) is 5.16 Å². The van der Waals surface area contributed by atoms with Gasteiger partial charge in [-0.25, -0.2) is 0 Å². The highest BCUT2D eigenvalue weighted by atomic mass is 16.5. The van der Waals surface area contributed by atoms with Gasteiger partial charge < -0.3 is 28.5 Å². The first-order chi connectivity index (χ1) is 16.1. The number of pyridine rings is 1. The average molecular weight is 452 g/mol. The van der Waals surface area contributed by atoms with Gasteiger partial charge in [0.25, 0.3) is 0 Å². The molecule has 0 amide bonds. The summed E-state index contributed by atoms with van der Waals surface area (Å²) in [5, 5.41) is 4.21. The Balaban J connectivity index is 1.29. The molecule has 2 saturated heterocycles. The molecule has 0 N–H and O–H groups in total. The Morgan fingerprint density at radius 3 is 2.42 bits per heavy atom. The summed E-state index contributed by atoms with van der Waals surface area (Å²) >= 11 is 0. The number of hydrogen-bond acceptors (Lipinski definition) is 9. The zero-order chi connectivity index (χ0) is 22.8. The second-order valence-corrected chi connectivity index (χ2v) is 8.60. The van der Waals surface area contributed by atoms with Crippen LogP contribution in [0.25, 0.3) is 11.4 Å². The van der Waals surface area contributed by atoms with Gasteiger partial charge in [0.15, 0.2) is 0 Å². The van der Waals surface area contributed by atoms with Crippen LogP contribution in [0.2, 0.25) is 0 Å². The highest BCUT2D eigenvalue weighted by molar-refractivity contribution is 5.61. The first-order valence-corrected chi connectivity index (χ1v) is 11.2. The Kier molecular flexibility index (Phi) is 5.80. The third kappa shape index (κ3) is 4.45. The van der Waals surface area contributed by atoms with Crippen LogP contribution < -0.4 is 19.3 Å². The fourth-order valence-electron chi connectivity index (χ4n) is 4.61. The molecule has 9 heteroatoms. The van der Waals surface area contributed by atoms with E-state index in [1.165, 1.54) is 5.69 Å². The summed E-state index contributed by atoms with van der Waals surface area (Å²) in [6.45, 7) is 6.00. The zero-order valence-corrected chi connectivity index (χ0v) is 19.3. The Hall–Kier alpha value is -3.33. The van der Waals surface area contributed by atoms with Gasteiger partial charge >= 0.3 is 6.01 Å². The van der Waals surface area contributed by atoms with Crippen molar-refractivity contribution in [1.82, 2.24) is 15.1 Å². The highest BCUT2D eigenvalue weighted by Crippen LogP contribution is 2.35. The summed E-state index contributed by atoms with van der Waals surface area (Å²) in [7, 11) is 3.24. The quantitative estimate of drug-likeness (QED) is 0.580. The van der Waals surface area contributed by atoms with Crippen molar-refractivity contribution in [3.05, 3.63) is 42.2 Å². The van der Waals surface area contributed by atoms with Crippen molar-refractivity contribution in [1.29, 1.82) is 0 Å². The highest BCUT2D eigenvalue weighted by Gasteiger charge is 2.41. The molecular formula is C24H29N5O4. The van der Waals surface area contributed by atoms with Crippen molar-refractivity contribution < 1.29 is 18.7 Å². The number of aromatic nitrogens is 3. The lowest BCUT2D eigenvalue weighted by molar-refractivity contribution is -0.0716. The van der Waals surface area contributed by atoms with E-state index in [9.17, 15) is 0 Å². The van der Waals surface area contributed by atoms with Gasteiger partial charge in [0.2, 0.25) is 5.82 Å². The van der Waals surface area contributed by atoms with Crippen LogP contribution in [0.15, 0.2) is 41.1 Å². The lowest BCUT2D eigenvalue weighted by atomic mass is 9.89. The van der Waals surface area contributed by atoms with Crippen LogP contribution >= 0.6 is 0 Å². The molecule has 1 spiro atoms. The molecule has 2 aliphatic rings. The average Bonchev–Trinajstić information content (AvgIpc) is 3.35. The Morgan fingerprint density at radius 2 is 1.73 bits per heavy atom. The lowest BCUT2D eigenvalue weighted by Crippen LogP contribution is -2.57. The molecular weight excluding hydrogens is 422 g/mol. The van der Waals surface area contributed by atoms with E-state index in [2.05, 4.69) is 37.1 Å². The number of ether oxygens (including phenoxy) is 3. The minimum atomic E-state index is -0.204. The number of hydrogen-bond donors (Lipinski definition) is 0. The summed E-state index contributed by atoms with van der Waals surface area (Å²) in [5.74, 6) is 1.86. The van der Waals surface area contributed by atoms with Crippen LogP contribution in [0.3, 0.4) is 0 Å². The predicted octanol–water partition coefficient (Wildman–Crippen LogP) is 3.33. The van der Waals surface area contributed by atoms with Crippen molar-refractivity contribution in [3.63, 3.8) is 0 Å². The predicted molar refractivity (Wildman–Crippen MR) is 124 cm³/mol. The molecule has 0 atom stereocenters. The van der Waals surface area contributed by atoms with E-state index in [1.54, 1.807) is 14.2 Å². The summed E-state index contributed by atoms with van der Waals surface area (Å²) in [6, 6.07) is 10.3. The van der Waals surface area contributed by atoms with Gasteiger partial charge in [0.05, 0.1) is 33.0 Å². The second kappa shape index (κ2) is 8.90. The molecule has 2 fully saturated rings. The van der Waals surface area contributed by atoms with E-state index >= 15 is 0 Å². The fourth-order valence-corrected chi connectivity index (χ4v) is 4.61. The van der Waals surface area contributed by atoms with Crippen molar-refractivity contribution in [2.24, 2.45) is 0 Å². The molecule has 2 aromatic heterocycles. The first kappa shape index (κ1) is 21.5. The number of piperidine rings is 1. The van der Waals surface area contributed by atoms with Crippen LogP contribution in [-0.2, 0) is 4.74 Å².